The van der Waals surface area contributed by atoms with E-state index in [1.807, 2.05) is 44.2 Å². The molecule has 0 aliphatic rings. The number of carboxylic acid groups (broad SMARTS) is 1. The highest BCUT2D eigenvalue weighted by Crippen LogP contribution is 2.06. The number of urea groups is 1. The van der Waals surface area contributed by atoms with Crippen LogP contribution in [0.4, 0.5) is 4.79 Å². The lowest BCUT2D eigenvalue weighted by molar-refractivity contribution is -0.142. The van der Waals surface area contributed by atoms with Crippen LogP contribution in [0.25, 0.3) is 0 Å². The van der Waals surface area contributed by atoms with Crippen molar-refractivity contribution in [3.05, 3.63) is 35.9 Å². The average molecular weight is 349 g/mol. The largest absolute Gasteiger partial charge is 0.481 e. The average Bonchev–Trinajstić information content (AvgIpc) is 2.57. The maximum absolute atomic E-state index is 12.4. The standard InChI is InChI=1S/C18H27N3O4/c1-11(2)15(16(22)20-13(4)12(3)17(23)24)21-18(25)19-10-14-8-6-5-7-9-14/h5-9,11-13,15H,10H2,1-4H3,(H,20,22)(H,23,24)(H2,19,21,25). The van der Waals surface area contributed by atoms with Gasteiger partial charge in [-0.25, -0.2) is 4.79 Å². The van der Waals surface area contributed by atoms with Crippen molar-refractivity contribution in [2.75, 3.05) is 0 Å². The lowest BCUT2D eigenvalue weighted by Crippen LogP contribution is -2.55. The van der Waals surface area contributed by atoms with E-state index in [-0.39, 0.29) is 5.92 Å². The molecule has 1 rings (SSSR count). The summed E-state index contributed by atoms with van der Waals surface area (Å²) in [5, 5.41) is 17.0. The van der Waals surface area contributed by atoms with Gasteiger partial charge >= 0.3 is 12.0 Å². The summed E-state index contributed by atoms with van der Waals surface area (Å²) in [6.45, 7) is 7.13. The topological polar surface area (TPSA) is 108 Å². The first-order valence-corrected chi connectivity index (χ1v) is 8.33. The van der Waals surface area contributed by atoms with Crippen LogP contribution in [0.5, 0.6) is 0 Å². The number of carboxylic acids is 1. The Morgan fingerprint density at radius 1 is 1.00 bits per heavy atom. The minimum Gasteiger partial charge on any atom is -0.481 e. The lowest BCUT2D eigenvalue weighted by atomic mass is 10.0. The Morgan fingerprint density at radius 3 is 2.12 bits per heavy atom. The maximum Gasteiger partial charge on any atom is 0.315 e. The molecule has 0 aliphatic carbocycles. The minimum atomic E-state index is -0.984. The Morgan fingerprint density at radius 2 is 1.60 bits per heavy atom. The number of carbonyl (C=O) groups excluding carboxylic acids is 2. The summed E-state index contributed by atoms with van der Waals surface area (Å²) < 4.78 is 0. The van der Waals surface area contributed by atoms with E-state index in [4.69, 9.17) is 5.11 Å². The fourth-order valence-corrected chi connectivity index (χ4v) is 2.16. The molecule has 7 heteroatoms. The van der Waals surface area contributed by atoms with Gasteiger partial charge in [0, 0.05) is 12.6 Å². The van der Waals surface area contributed by atoms with Crippen molar-refractivity contribution in [3.8, 4) is 0 Å². The molecule has 7 nitrogen and oxygen atoms in total. The van der Waals surface area contributed by atoms with Crippen molar-refractivity contribution in [1.29, 1.82) is 0 Å². The van der Waals surface area contributed by atoms with Crippen LogP contribution in [-0.2, 0) is 16.1 Å². The molecule has 3 amide bonds. The molecule has 0 heterocycles. The van der Waals surface area contributed by atoms with Crippen LogP contribution in [0.2, 0.25) is 0 Å². The summed E-state index contributed by atoms with van der Waals surface area (Å²) in [4.78, 5) is 35.4. The van der Waals surface area contributed by atoms with Gasteiger partial charge in [0.2, 0.25) is 5.91 Å². The van der Waals surface area contributed by atoms with E-state index in [1.54, 1.807) is 6.92 Å². The quantitative estimate of drug-likeness (QED) is 0.573. The summed E-state index contributed by atoms with van der Waals surface area (Å²) in [6.07, 6.45) is 0. The molecule has 4 N–H and O–H groups in total. The Balaban J connectivity index is 2.59. The molecule has 3 atom stereocenters. The summed E-state index contributed by atoms with van der Waals surface area (Å²) in [7, 11) is 0. The van der Waals surface area contributed by atoms with Crippen LogP contribution in [0.3, 0.4) is 0 Å². The predicted octanol–water partition coefficient (Wildman–Crippen LogP) is 1.74. The van der Waals surface area contributed by atoms with E-state index in [0.717, 1.165) is 5.56 Å². The van der Waals surface area contributed by atoms with Gasteiger partial charge in [-0.2, -0.15) is 0 Å². The van der Waals surface area contributed by atoms with E-state index in [9.17, 15) is 14.4 Å². The van der Waals surface area contributed by atoms with Gasteiger partial charge in [-0.1, -0.05) is 44.2 Å². The van der Waals surface area contributed by atoms with Gasteiger partial charge < -0.3 is 21.1 Å². The third-order valence-electron chi connectivity index (χ3n) is 4.04. The van der Waals surface area contributed by atoms with Crippen LogP contribution in [-0.4, -0.2) is 35.1 Å². The smallest absolute Gasteiger partial charge is 0.315 e. The van der Waals surface area contributed by atoms with E-state index in [1.165, 1.54) is 6.92 Å². The summed E-state index contributed by atoms with van der Waals surface area (Å²) in [6, 6.07) is 7.69. The molecule has 0 saturated carbocycles. The highest BCUT2D eigenvalue weighted by Gasteiger charge is 2.28. The third-order valence-corrected chi connectivity index (χ3v) is 4.04. The SMILES string of the molecule is CC(C)C(NC(=O)NCc1ccccc1)C(=O)NC(C)C(C)C(=O)O. The number of hydrogen-bond acceptors (Lipinski definition) is 3. The van der Waals surface area contributed by atoms with E-state index in [0.29, 0.717) is 6.54 Å². The fraction of sp³-hybridized carbons (Fsp3) is 0.500. The number of amides is 3. The van der Waals surface area contributed by atoms with Crippen LogP contribution < -0.4 is 16.0 Å². The second kappa shape index (κ2) is 9.66. The van der Waals surface area contributed by atoms with Crippen LogP contribution in [0.15, 0.2) is 30.3 Å². The normalized spacial score (nSPS) is 14.3. The van der Waals surface area contributed by atoms with Gasteiger partial charge in [-0.05, 0) is 25.3 Å². The summed E-state index contributed by atoms with van der Waals surface area (Å²) >= 11 is 0. The van der Waals surface area contributed by atoms with Crippen molar-refractivity contribution >= 4 is 17.9 Å². The summed E-state index contributed by atoms with van der Waals surface area (Å²) in [5.41, 5.74) is 0.951. The van der Waals surface area contributed by atoms with Gasteiger partial charge in [0.1, 0.15) is 6.04 Å². The van der Waals surface area contributed by atoms with E-state index in [2.05, 4.69) is 16.0 Å². The first-order chi connectivity index (χ1) is 11.7. The first-order valence-electron chi connectivity index (χ1n) is 8.33. The highest BCUT2D eigenvalue weighted by molar-refractivity contribution is 5.87. The Labute approximate surface area is 148 Å². The Kier molecular flexibility index (Phi) is 7.91. The highest BCUT2D eigenvalue weighted by atomic mass is 16.4. The zero-order valence-corrected chi connectivity index (χ0v) is 15.1. The molecular formula is C18H27N3O4. The fourth-order valence-electron chi connectivity index (χ4n) is 2.16. The number of nitrogens with one attached hydrogen (secondary N) is 3. The molecule has 0 aromatic heterocycles. The van der Waals surface area contributed by atoms with Crippen molar-refractivity contribution in [3.63, 3.8) is 0 Å². The number of aliphatic carboxylic acids is 1. The van der Waals surface area contributed by atoms with Crippen molar-refractivity contribution < 1.29 is 19.5 Å². The minimum absolute atomic E-state index is 0.144. The zero-order chi connectivity index (χ0) is 19.0. The molecule has 0 saturated heterocycles. The van der Waals surface area contributed by atoms with Crippen LogP contribution in [0, 0.1) is 11.8 Å². The van der Waals surface area contributed by atoms with Gasteiger partial charge in [0.15, 0.2) is 0 Å². The van der Waals surface area contributed by atoms with Crippen molar-refractivity contribution in [2.45, 2.75) is 46.3 Å². The maximum atomic E-state index is 12.4. The van der Waals surface area contributed by atoms with Gasteiger partial charge in [0.25, 0.3) is 0 Å². The molecular weight excluding hydrogens is 322 g/mol. The Hall–Kier alpha value is -2.57. The molecule has 0 fully saturated rings. The number of benzene rings is 1. The molecule has 25 heavy (non-hydrogen) atoms. The van der Waals surface area contributed by atoms with Crippen molar-refractivity contribution in [2.24, 2.45) is 11.8 Å². The third kappa shape index (κ3) is 6.82. The number of carbonyl (C=O) groups is 3. The number of rotatable bonds is 8. The van der Waals surface area contributed by atoms with Crippen LogP contribution >= 0.6 is 0 Å². The van der Waals surface area contributed by atoms with Crippen molar-refractivity contribution in [1.82, 2.24) is 16.0 Å². The monoisotopic (exact) mass is 349 g/mol. The van der Waals surface area contributed by atoms with E-state index < -0.39 is 35.9 Å². The molecule has 3 unspecified atom stereocenters. The second-order valence-electron chi connectivity index (χ2n) is 6.46. The summed E-state index contributed by atoms with van der Waals surface area (Å²) in [5.74, 6) is -2.24. The van der Waals surface area contributed by atoms with Gasteiger partial charge in [0.05, 0.1) is 5.92 Å². The number of hydrogen-bond donors (Lipinski definition) is 4. The molecule has 0 radical (unpaired) electrons. The lowest BCUT2D eigenvalue weighted by Gasteiger charge is -2.25. The van der Waals surface area contributed by atoms with E-state index >= 15 is 0 Å². The Bertz CT molecular complexity index is 589. The molecule has 0 aliphatic heterocycles. The molecule has 138 valence electrons. The first kappa shape index (κ1) is 20.5. The van der Waals surface area contributed by atoms with Crippen LogP contribution in [0.1, 0.15) is 33.3 Å². The second-order valence-corrected chi connectivity index (χ2v) is 6.46. The molecule has 0 spiro atoms. The zero-order valence-electron chi connectivity index (χ0n) is 15.1. The predicted molar refractivity (Wildman–Crippen MR) is 94.8 cm³/mol. The van der Waals surface area contributed by atoms with Gasteiger partial charge in [-0.3, -0.25) is 9.59 Å². The molecule has 1 aromatic rings. The van der Waals surface area contributed by atoms with Gasteiger partial charge in [-0.15, -0.1) is 0 Å². The molecule has 0 bridgehead atoms. The molecule has 1 aromatic carbocycles.